The van der Waals surface area contributed by atoms with Gasteiger partial charge in [-0.2, -0.15) is 12.6 Å². The Hall–Kier alpha value is -2.42. The molecule has 2 heteroatoms. The summed E-state index contributed by atoms with van der Waals surface area (Å²) < 4.78 is 0. The lowest BCUT2D eigenvalue weighted by molar-refractivity contribution is 0.579. The average molecular weight is 681 g/mol. The highest BCUT2D eigenvalue weighted by molar-refractivity contribution is 8.03. The highest BCUT2D eigenvalue weighted by Gasteiger charge is 2.24. The van der Waals surface area contributed by atoms with Gasteiger partial charge in [-0.05, 0) is 125 Å². The smallest absolute Gasteiger partial charge is 0.0205 e. The number of allylic oxidation sites excluding steroid dienone is 9. The fourth-order valence-corrected chi connectivity index (χ4v) is 8.40. The van der Waals surface area contributed by atoms with Crippen LogP contribution in [0.1, 0.15) is 153 Å². The van der Waals surface area contributed by atoms with Crippen molar-refractivity contribution < 1.29 is 0 Å². The topological polar surface area (TPSA) is 0 Å². The van der Waals surface area contributed by atoms with Gasteiger partial charge in [0.1, 0.15) is 0 Å². The van der Waals surface area contributed by atoms with Gasteiger partial charge in [0.2, 0.25) is 0 Å². The van der Waals surface area contributed by atoms with Crippen LogP contribution in [-0.4, -0.2) is 5.25 Å². The molecule has 0 amide bonds. The maximum absolute atomic E-state index is 5.03. The molecule has 0 aromatic heterocycles. The van der Waals surface area contributed by atoms with Gasteiger partial charge >= 0.3 is 0 Å². The van der Waals surface area contributed by atoms with Crippen molar-refractivity contribution >= 4 is 30.0 Å². The van der Waals surface area contributed by atoms with E-state index in [0.717, 1.165) is 44.1 Å². The van der Waals surface area contributed by atoms with Gasteiger partial charge in [0.15, 0.2) is 0 Å². The van der Waals surface area contributed by atoms with Gasteiger partial charge in [0, 0.05) is 10.1 Å². The largest absolute Gasteiger partial charge is 0.172 e. The molecule has 0 saturated carbocycles. The Bertz CT molecular complexity index is 1540. The van der Waals surface area contributed by atoms with Crippen molar-refractivity contribution in [3.8, 4) is 0 Å². The van der Waals surface area contributed by atoms with E-state index in [1.807, 2.05) is 11.8 Å². The summed E-state index contributed by atoms with van der Waals surface area (Å²) in [5.74, 6) is 1.76. The summed E-state index contributed by atoms with van der Waals surface area (Å²) in [6.07, 6.45) is 16.5. The molecule has 0 fully saturated rings. The molecular weight excluding hydrogens is 617 g/mol. The molecule has 0 aliphatic heterocycles. The van der Waals surface area contributed by atoms with Crippen LogP contribution >= 0.6 is 24.4 Å². The van der Waals surface area contributed by atoms with Gasteiger partial charge in [0.25, 0.3) is 0 Å². The summed E-state index contributed by atoms with van der Waals surface area (Å²) in [7, 11) is 0. The van der Waals surface area contributed by atoms with E-state index in [2.05, 4.69) is 130 Å². The SMILES string of the molecule is C=C(C1=C(CC)CC(C)=CC=C1)/C(=C\C(S)CCC)c1ccc(C(C)CC)c(SC(=C)C(C)C(C)c2ccc(C(C)CC)cc2CC)c1. The van der Waals surface area contributed by atoms with Gasteiger partial charge < -0.3 is 0 Å². The number of hydrogen-bond acceptors (Lipinski definition) is 2. The van der Waals surface area contributed by atoms with E-state index in [1.165, 1.54) is 66.3 Å². The molecule has 2 aromatic rings. The predicted molar refractivity (Wildman–Crippen MR) is 222 cm³/mol. The summed E-state index contributed by atoms with van der Waals surface area (Å²) in [6, 6.07) is 14.3. The summed E-state index contributed by atoms with van der Waals surface area (Å²) in [4.78, 5) is 2.54. The number of rotatable bonds is 17. The van der Waals surface area contributed by atoms with E-state index >= 15 is 0 Å². The maximum Gasteiger partial charge on any atom is 0.0205 e. The molecule has 1 aliphatic rings. The molecule has 5 atom stereocenters. The quantitative estimate of drug-likeness (QED) is 0.0986. The normalized spacial score (nSPS) is 17.0. The molecule has 0 saturated heterocycles. The van der Waals surface area contributed by atoms with Crippen LogP contribution in [0.3, 0.4) is 0 Å². The van der Waals surface area contributed by atoms with Crippen LogP contribution in [0.5, 0.6) is 0 Å². The summed E-state index contributed by atoms with van der Waals surface area (Å²) in [6.45, 7) is 32.5. The second kappa shape index (κ2) is 19.1. The molecule has 0 bridgehead atoms. The summed E-state index contributed by atoms with van der Waals surface area (Å²) in [5.41, 5.74) is 13.4. The molecule has 0 N–H and O–H groups in total. The van der Waals surface area contributed by atoms with Crippen LogP contribution in [0.25, 0.3) is 5.57 Å². The van der Waals surface area contributed by atoms with Crippen molar-refractivity contribution in [3.05, 3.63) is 129 Å². The average Bonchev–Trinajstić information content (AvgIpc) is 3.29. The zero-order valence-electron chi connectivity index (χ0n) is 31.9. The maximum atomic E-state index is 5.03. The predicted octanol–water partition coefficient (Wildman–Crippen LogP) is 15.0. The minimum atomic E-state index is 0.169. The minimum absolute atomic E-state index is 0.169. The molecule has 260 valence electrons. The third-order valence-electron chi connectivity index (χ3n) is 10.7. The Labute approximate surface area is 305 Å². The van der Waals surface area contributed by atoms with Crippen LogP contribution in [0, 0.1) is 5.92 Å². The second-order valence-electron chi connectivity index (χ2n) is 14.2. The number of hydrogen-bond donors (Lipinski definition) is 1. The Morgan fingerprint density at radius 1 is 0.896 bits per heavy atom. The Morgan fingerprint density at radius 3 is 2.21 bits per heavy atom. The fourth-order valence-electron chi connectivity index (χ4n) is 6.75. The molecule has 2 aromatic carbocycles. The highest BCUT2D eigenvalue weighted by atomic mass is 32.2. The molecule has 0 heterocycles. The van der Waals surface area contributed by atoms with Crippen LogP contribution in [0.15, 0.2) is 106 Å². The van der Waals surface area contributed by atoms with E-state index in [-0.39, 0.29) is 5.25 Å². The summed E-state index contributed by atoms with van der Waals surface area (Å²) >= 11 is 6.91. The lowest BCUT2D eigenvalue weighted by atomic mass is 9.83. The number of aryl methyl sites for hydroxylation is 1. The molecule has 3 rings (SSSR count). The molecule has 48 heavy (non-hydrogen) atoms. The molecular formula is C46H64S2. The van der Waals surface area contributed by atoms with E-state index in [0.29, 0.717) is 23.7 Å². The van der Waals surface area contributed by atoms with Crippen LogP contribution in [0.2, 0.25) is 0 Å². The van der Waals surface area contributed by atoms with Gasteiger partial charge in [-0.25, -0.2) is 0 Å². The number of thioether (sulfide) groups is 1. The van der Waals surface area contributed by atoms with Crippen LogP contribution in [0.4, 0.5) is 0 Å². The van der Waals surface area contributed by atoms with Gasteiger partial charge in [-0.1, -0.05) is 159 Å². The second-order valence-corrected chi connectivity index (χ2v) is 16.0. The Balaban J connectivity index is 2.06. The Kier molecular flexibility index (Phi) is 15.9. The van der Waals surface area contributed by atoms with E-state index in [4.69, 9.17) is 25.8 Å². The zero-order chi connectivity index (χ0) is 35.5. The number of thiol groups is 1. The van der Waals surface area contributed by atoms with Crippen molar-refractivity contribution in [2.45, 2.75) is 142 Å². The van der Waals surface area contributed by atoms with E-state index in [1.54, 1.807) is 0 Å². The third kappa shape index (κ3) is 10.1. The van der Waals surface area contributed by atoms with E-state index in [9.17, 15) is 0 Å². The zero-order valence-corrected chi connectivity index (χ0v) is 33.6. The van der Waals surface area contributed by atoms with Crippen molar-refractivity contribution in [3.63, 3.8) is 0 Å². The summed E-state index contributed by atoms with van der Waals surface area (Å²) in [5, 5.41) is 0.169. The van der Waals surface area contributed by atoms with Gasteiger partial charge in [-0.3, -0.25) is 0 Å². The number of benzene rings is 2. The minimum Gasteiger partial charge on any atom is -0.172 e. The molecule has 0 nitrogen and oxygen atoms in total. The highest BCUT2D eigenvalue weighted by Crippen LogP contribution is 2.44. The van der Waals surface area contributed by atoms with Crippen molar-refractivity contribution in [1.29, 1.82) is 0 Å². The lowest BCUT2D eigenvalue weighted by Gasteiger charge is -2.27. The first-order chi connectivity index (χ1) is 22.9. The third-order valence-corrected chi connectivity index (χ3v) is 12.3. The molecule has 5 unspecified atom stereocenters. The fraction of sp³-hybridized carbons (Fsp3) is 0.478. The monoisotopic (exact) mass is 680 g/mol. The first-order valence-electron chi connectivity index (χ1n) is 18.7. The van der Waals surface area contributed by atoms with E-state index < -0.39 is 0 Å². The van der Waals surface area contributed by atoms with Crippen LogP contribution in [-0.2, 0) is 6.42 Å². The van der Waals surface area contributed by atoms with Crippen molar-refractivity contribution in [2.75, 3.05) is 0 Å². The van der Waals surface area contributed by atoms with Crippen molar-refractivity contribution in [1.82, 2.24) is 0 Å². The van der Waals surface area contributed by atoms with Gasteiger partial charge in [0.05, 0.1) is 0 Å². The lowest BCUT2D eigenvalue weighted by Crippen LogP contribution is -2.10. The molecule has 1 aliphatic carbocycles. The first-order valence-corrected chi connectivity index (χ1v) is 20.0. The standard InChI is InChI=1S/C46H64S2/c1-13-19-41(47)29-45(35(11)43-21-18-20-30(6)26-37(43)16-4)40-23-24-42(32(8)15-3)46(28-40)48-36(12)33(9)34(10)44-25-22-39(31(7)14-2)27-38(44)17-5/h18,20-25,27-29,31-34,41,47H,11-17,19,26H2,1-10H3/b45-29+. The molecule has 0 radical (unpaired) electrons. The first kappa shape index (κ1) is 40.0. The van der Waals surface area contributed by atoms with Crippen LogP contribution < -0.4 is 0 Å². The van der Waals surface area contributed by atoms with Crippen molar-refractivity contribution in [2.24, 2.45) is 5.92 Å². The van der Waals surface area contributed by atoms with Gasteiger partial charge in [-0.15, -0.1) is 0 Å². The Morgan fingerprint density at radius 2 is 1.58 bits per heavy atom. The molecule has 0 spiro atoms.